The van der Waals surface area contributed by atoms with Gasteiger partial charge in [-0.25, -0.2) is 13.8 Å². The summed E-state index contributed by atoms with van der Waals surface area (Å²) in [5.41, 5.74) is 3.90. The summed E-state index contributed by atoms with van der Waals surface area (Å²) in [5.74, 6) is -0.0612. The van der Waals surface area contributed by atoms with E-state index in [0.717, 1.165) is 65.9 Å². The zero-order valence-corrected chi connectivity index (χ0v) is 19.5. The number of ether oxygens (including phenoxy) is 1. The van der Waals surface area contributed by atoms with E-state index in [2.05, 4.69) is 16.2 Å². The molecule has 0 amide bonds. The van der Waals surface area contributed by atoms with Gasteiger partial charge in [-0.15, -0.1) is 0 Å². The first kappa shape index (κ1) is 23.0. The van der Waals surface area contributed by atoms with Crippen molar-refractivity contribution in [3.8, 4) is 11.4 Å². The highest BCUT2D eigenvalue weighted by Gasteiger charge is 2.34. The van der Waals surface area contributed by atoms with Crippen LogP contribution in [0, 0.1) is 18.6 Å². The summed E-state index contributed by atoms with van der Waals surface area (Å²) in [6.45, 7) is 3.05. The Morgan fingerprint density at radius 2 is 2.00 bits per heavy atom. The van der Waals surface area contributed by atoms with Crippen LogP contribution in [-0.4, -0.2) is 51.7 Å². The molecule has 1 aromatic heterocycles. The van der Waals surface area contributed by atoms with Crippen molar-refractivity contribution in [2.45, 2.75) is 32.0 Å². The Balaban J connectivity index is 1.38. The van der Waals surface area contributed by atoms with Crippen molar-refractivity contribution in [2.75, 3.05) is 20.2 Å². The number of amidine groups is 1. The Morgan fingerprint density at radius 3 is 2.71 bits per heavy atom. The molecule has 1 fully saturated rings. The number of imidazole rings is 1. The number of nitrogens with zero attached hydrogens (tertiary/aromatic N) is 4. The van der Waals surface area contributed by atoms with Crippen molar-refractivity contribution in [1.82, 2.24) is 14.5 Å². The highest BCUT2D eigenvalue weighted by atomic mass is 19.1. The van der Waals surface area contributed by atoms with Crippen molar-refractivity contribution in [2.24, 2.45) is 5.16 Å². The second-order valence-corrected chi connectivity index (χ2v) is 8.78. The van der Waals surface area contributed by atoms with Crippen LogP contribution >= 0.6 is 0 Å². The maximum atomic E-state index is 13.6. The maximum Gasteiger partial charge on any atom is 0.174 e. The first-order chi connectivity index (χ1) is 16.9. The highest BCUT2D eigenvalue weighted by Crippen LogP contribution is 2.31. The molecule has 5 rings (SSSR count). The Hall–Kier alpha value is -3.72. The van der Waals surface area contributed by atoms with Gasteiger partial charge in [0.1, 0.15) is 23.5 Å². The number of oxime groups is 1. The lowest BCUT2D eigenvalue weighted by molar-refractivity contribution is -0.0603. The largest absolute Gasteiger partial charge is 0.495 e. The lowest BCUT2D eigenvalue weighted by Gasteiger charge is -2.38. The highest BCUT2D eigenvalue weighted by molar-refractivity contribution is 6.02. The molecule has 0 bridgehead atoms. The number of aliphatic hydroxyl groups excluding tert-OH is 1. The maximum absolute atomic E-state index is 13.6. The summed E-state index contributed by atoms with van der Waals surface area (Å²) < 4.78 is 34.8. The second-order valence-electron chi connectivity index (χ2n) is 8.78. The van der Waals surface area contributed by atoms with E-state index >= 15 is 0 Å². The van der Waals surface area contributed by atoms with Gasteiger partial charge < -0.3 is 24.1 Å². The Bertz CT molecular complexity index is 1280. The molecule has 2 unspecified atom stereocenters. The van der Waals surface area contributed by atoms with Crippen LogP contribution in [0.15, 0.2) is 59.7 Å². The number of aryl methyl sites for hydroxylation is 1. The number of benzene rings is 2. The summed E-state index contributed by atoms with van der Waals surface area (Å²) in [4.78, 5) is 11.9. The number of hydrogen-bond acceptors (Lipinski definition) is 6. The van der Waals surface area contributed by atoms with E-state index in [1.54, 1.807) is 13.4 Å². The molecule has 0 radical (unpaired) electrons. The van der Waals surface area contributed by atoms with E-state index in [9.17, 15) is 13.9 Å². The van der Waals surface area contributed by atoms with Crippen LogP contribution in [0.3, 0.4) is 0 Å². The number of aliphatic hydroxyl groups is 1. The Kier molecular flexibility index (Phi) is 6.25. The quantitative estimate of drug-likeness (QED) is 0.587. The molecule has 2 aromatic carbocycles. The normalized spacial score (nSPS) is 19.7. The topological polar surface area (TPSA) is 72.1 Å². The van der Waals surface area contributed by atoms with Crippen molar-refractivity contribution in [3.63, 3.8) is 0 Å². The molecule has 2 aliphatic rings. The molecule has 2 aliphatic heterocycles. The minimum atomic E-state index is -1.21. The van der Waals surface area contributed by atoms with E-state index in [4.69, 9.17) is 9.57 Å². The van der Waals surface area contributed by atoms with E-state index < -0.39 is 23.8 Å². The number of methoxy groups -OCH3 is 1. The Morgan fingerprint density at radius 1 is 1.20 bits per heavy atom. The average Bonchev–Trinajstić information content (AvgIpc) is 3.28. The third-order valence-corrected chi connectivity index (χ3v) is 6.25. The van der Waals surface area contributed by atoms with Gasteiger partial charge in [0.15, 0.2) is 11.9 Å². The molecule has 35 heavy (non-hydrogen) atoms. The zero-order chi connectivity index (χ0) is 24.5. The SMILES string of the molecule is COc1cc(/C=C2\CCCN3CC(C(O)c4cc(F)cc(F)c4)ON=C23)ccc1-n1cnc(C)c1. The lowest BCUT2D eigenvalue weighted by Crippen LogP contribution is -2.47. The first-order valence-corrected chi connectivity index (χ1v) is 11.4. The monoisotopic (exact) mass is 480 g/mol. The van der Waals surface area contributed by atoms with E-state index in [-0.39, 0.29) is 5.56 Å². The third kappa shape index (κ3) is 4.77. The molecular formula is C26H26F2N4O3. The van der Waals surface area contributed by atoms with E-state index in [1.807, 2.05) is 40.8 Å². The van der Waals surface area contributed by atoms with Gasteiger partial charge in [0.2, 0.25) is 0 Å². The fraction of sp³-hybridized carbons (Fsp3) is 0.308. The third-order valence-electron chi connectivity index (χ3n) is 6.25. The van der Waals surface area contributed by atoms with Crippen LogP contribution in [0.25, 0.3) is 11.8 Å². The molecule has 2 atom stereocenters. The first-order valence-electron chi connectivity index (χ1n) is 11.4. The molecule has 0 spiro atoms. The zero-order valence-electron chi connectivity index (χ0n) is 19.5. The Labute approximate surface area is 201 Å². The molecule has 9 heteroatoms. The summed E-state index contributed by atoms with van der Waals surface area (Å²) in [6, 6.07) is 8.95. The van der Waals surface area contributed by atoms with Crippen molar-refractivity contribution in [1.29, 1.82) is 0 Å². The smallest absolute Gasteiger partial charge is 0.174 e. The molecule has 3 heterocycles. The van der Waals surface area contributed by atoms with Gasteiger partial charge >= 0.3 is 0 Å². The van der Waals surface area contributed by atoms with Gasteiger partial charge in [-0.05, 0) is 66.8 Å². The van der Waals surface area contributed by atoms with Gasteiger partial charge in [-0.2, -0.15) is 0 Å². The van der Waals surface area contributed by atoms with Gasteiger partial charge in [0.05, 0.1) is 31.4 Å². The van der Waals surface area contributed by atoms with Gasteiger partial charge in [0.25, 0.3) is 0 Å². The van der Waals surface area contributed by atoms with Gasteiger partial charge in [0, 0.05) is 18.8 Å². The van der Waals surface area contributed by atoms with Crippen LogP contribution in [0.4, 0.5) is 8.78 Å². The number of halogens is 2. The van der Waals surface area contributed by atoms with E-state index in [1.165, 1.54) is 0 Å². The van der Waals surface area contributed by atoms with E-state index in [0.29, 0.717) is 12.4 Å². The number of aromatic nitrogens is 2. The van der Waals surface area contributed by atoms with Gasteiger partial charge in [-0.3, -0.25) is 0 Å². The second kappa shape index (κ2) is 9.50. The molecule has 182 valence electrons. The average molecular weight is 481 g/mol. The molecule has 0 saturated carbocycles. The minimum Gasteiger partial charge on any atom is -0.495 e. The summed E-state index contributed by atoms with van der Waals surface area (Å²) in [7, 11) is 1.64. The molecule has 1 N–H and O–H groups in total. The van der Waals surface area contributed by atoms with Crippen LogP contribution in [-0.2, 0) is 4.84 Å². The van der Waals surface area contributed by atoms with Crippen LogP contribution in [0.5, 0.6) is 5.75 Å². The standard InChI is InChI=1S/C26H26F2N4O3/c1-16-13-32(15-29-16)22-6-5-17(9-23(22)34-2)8-18-4-3-7-31-14-24(35-30-26(18)31)25(33)19-10-20(27)12-21(28)11-19/h5-6,8-13,15,24-25,33H,3-4,7,14H2,1-2H3/b18-8+. The molecule has 3 aromatic rings. The number of rotatable bonds is 5. The fourth-order valence-electron chi connectivity index (χ4n) is 4.55. The number of fused-ring (bicyclic) bond motifs is 1. The van der Waals surface area contributed by atoms with Crippen LogP contribution in [0.2, 0.25) is 0 Å². The molecule has 7 nitrogen and oxygen atoms in total. The van der Waals surface area contributed by atoms with Crippen LogP contribution in [0.1, 0.15) is 35.8 Å². The fourth-order valence-corrected chi connectivity index (χ4v) is 4.55. The predicted octanol–water partition coefficient (Wildman–Crippen LogP) is 4.39. The van der Waals surface area contributed by atoms with Crippen molar-refractivity contribution in [3.05, 3.63) is 83.0 Å². The lowest BCUT2D eigenvalue weighted by atomic mass is 9.97. The van der Waals surface area contributed by atoms with Crippen LogP contribution < -0.4 is 4.74 Å². The minimum absolute atomic E-state index is 0.124. The summed E-state index contributed by atoms with van der Waals surface area (Å²) in [6.07, 6.45) is 5.53. The predicted molar refractivity (Wildman–Crippen MR) is 127 cm³/mol. The van der Waals surface area contributed by atoms with Crippen molar-refractivity contribution >= 4 is 11.9 Å². The summed E-state index contributed by atoms with van der Waals surface area (Å²) >= 11 is 0. The molecule has 0 aliphatic carbocycles. The number of piperidine rings is 1. The number of hydrogen-bond donors (Lipinski definition) is 1. The molecule has 1 saturated heterocycles. The summed E-state index contributed by atoms with van der Waals surface area (Å²) in [5, 5.41) is 15.0. The van der Waals surface area contributed by atoms with Crippen molar-refractivity contribution < 1.29 is 23.5 Å². The molecular weight excluding hydrogens is 454 g/mol. The van der Waals surface area contributed by atoms with Gasteiger partial charge in [-0.1, -0.05) is 11.2 Å².